The molecular formula is C17H19N3O5. The maximum Gasteiger partial charge on any atom is 0.254 e. The van der Waals surface area contributed by atoms with Gasteiger partial charge in [-0.25, -0.2) is 0 Å². The maximum absolute atomic E-state index is 12.7. The summed E-state index contributed by atoms with van der Waals surface area (Å²) < 4.78 is 15.5. The zero-order chi connectivity index (χ0) is 17.8. The molecule has 8 heteroatoms. The lowest BCUT2D eigenvalue weighted by molar-refractivity contribution is -0.116. The highest BCUT2D eigenvalue weighted by Crippen LogP contribution is 2.32. The summed E-state index contributed by atoms with van der Waals surface area (Å²) in [5.41, 5.74) is 0.447. The zero-order valence-corrected chi connectivity index (χ0v) is 14.1. The molecule has 0 atom stereocenters. The number of benzene rings is 1. The normalized spacial score (nSPS) is 12.1. The van der Waals surface area contributed by atoms with Gasteiger partial charge in [0, 0.05) is 18.2 Å². The minimum Gasteiger partial charge on any atom is -0.454 e. The van der Waals surface area contributed by atoms with Gasteiger partial charge in [0.1, 0.15) is 12.3 Å². The molecule has 0 aliphatic carbocycles. The smallest absolute Gasteiger partial charge is 0.254 e. The number of amides is 2. The van der Waals surface area contributed by atoms with E-state index in [2.05, 4.69) is 10.5 Å². The van der Waals surface area contributed by atoms with E-state index in [0.29, 0.717) is 35.2 Å². The number of carbonyl (C=O) groups is 2. The van der Waals surface area contributed by atoms with Crippen LogP contribution in [0.2, 0.25) is 0 Å². The molecule has 2 amide bonds. The van der Waals surface area contributed by atoms with Crippen LogP contribution < -0.4 is 14.8 Å². The van der Waals surface area contributed by atoms with Gasteiger partial charge >= 0.3 is 0 Å². The quantitative estimate of drug-likeness (QED) is 0.862. The van der Waals surface area contributed by atoms with E-state index in [9.17, 15) is 9.59 Å². The predicted octanol–water partition coefficient (Wildman–Crippen LogP) is 2.20. The van der Waals surface area contributed by atoms with Crippen LogP contribution in [0.4, 0.5) is 5.82 Å². The van der Waals surface area contributed by atoms with E-state index in [1.54, 1.807) is 31.2 Å². The van der Waals surface area contributed by atoms with Crippen LogP contribution in [0, 0.1) is 6.92 Å². The highest BCUT2D eigenvalue weighted by Gasteiger charge is 2.22. The molecule has 8 nitrogen and oxygen atoms in total. The van der Waals surface area contributed by atoms with Gasteiger partial charge in [0.2, 0.25) is 12.7 Å². The topological polar surface area (TPSA) is 93.9 Å². The average Bonchev–Trinajstić information content (AvgIpc) is 3.21. The molecule has 132 valence electrons. The van der Waals surface area contributed by atoms with Crippen molar-refractivity contribution in [3.8, 4) is 11.5 Å². The Morgan fingerprint density at radius 3 is 2.76 bits per heavy atom. The maximum atomic E-state index is 12.7. The second-order valence-corrected chi connectivity index (χ2v) is 5.67. The van der Waals surface area contributed by atoms with E-state index < -0.39 is 0 Å². The van der Waals surface area contributed by atoms with E-state index in [4.69, 9.17) is 14.0 Å². The van der Waals surface area contributed by atoms with Crippen molar-refractivity contribution in [3.05, 3.63) is 35.6 Å². The first kappa shape index (κ1) is 16.8. The number of aryl methyl sites for hydroxylation is 1. The number of anilines is 1. The second-order valence-electron chi connectivity index (χ2n) is 5.67. The fraction of sp³-hybridized carbons (Fsp3) is 0.353. The third-order valence-electron chi connectivity index (χ3n) is 3.63. The van der Waals surface area contributed by atoms with Crippen LogP contribution in [0.3, 0.4) is 0 Å². The van der Waals surface area contributed by atoms with Gasteiger partial charge in [0.25, 0.3) is 5.91 Å². The average molecular weight is 345 g/mol. The fourth-order valence-electron chi connectivity index (χ4n) is 2.52. The van der Waals surface area contributed by atoms with Gasteiger partial charge in [0.15, 0.2) is 17.3 Å². The lowest BCUT2D eigenvalue weighted by Crippen LogP contribution is -2.38. The van der Waals surface area contributed by atoms with E-state index in [1.807, 2.05) is 6.92 Å². The molecule has 0 radical (unpaired) electrons. The van der Waals surface area contributed by atoms with E-state index in [0.717, 1.165) is 6.42 Å². The molecule has 0 unspecified atom stereocenters. The molecule has 3 rings (SSSR count). The Balaban J connectivity index is 1.69. The summed E-state index contributed by atoms with van der Waals surface area (Å²) in [7, 11) is 0. The van der Waals surface area contributed by atoms with Crippen molar-refractivity contribution in [2.24, 2.45) is 0 Å². The van der Waals surface area contributed by atoms with Crippen LogP contribution in [0.25, 0.3) is 0 Å². The van der Waals surface area contributed by atoms with Gasteiger partial charge in [-0.1, -0.05) is 12.1 Å². The molecule has 0 saturated heterocycles. The zero-order valence-electron chi connectivity index (χ0n) is 14.1. The first-order valence-electron chi connectivity index (χ1n) is 7.99. The number of ether oxygens (including phenoxy) is 2. The minimum atomic E-state index is -0.337. The predicted molar refractivity (Wildman–Crippen MR) is 88.6 cm³/mol. The largest absolute Gasteiger partial charge is 0.454 e. The van der Waals surface area contributed by atoms with Crippen molar-refractivity contribution in [2.45, 2.75) is 20.3 Å². The Kier molecular flexibility index (Phi) is 4.87. The SMILES string of the molecule is CCCN(CC(=O)Nc1cc(C)on1)C(=O)c1ccc2c(c1)OCO2. The number of hydrogen-bond donors (Lipinski definition) is 1. The first-order chi connectivity index (χ1) is 12.1. The highest BCUT2D eigenvalue weighted by molar-refractivity contribution is 5.99. The Morgan fingerprint density at radius 2 is 2.04 bits per heavy atom. The number of nitrogens with zero attached hydrogens (tertiary/aromatic N) is 2. The van der Waals surface area contributed by atoms with Crippen molar-refractivity contribution < 1.29 is 23.6 Å². The summed E-state index contributed by atoms with van der Waals surface area (Å²) in [4.78, 5) is 26.4. The Hall–Kier alpha value is -3.03. The van der Waals surface area contributed by atoms with Gasteiger partial charge in [0.05, 0.1) is 0 Å². The molecule has 2 aromatic rings. The Bertz CT molecular complexity index is 786. The van der Waals surface area contributed by atoms with Crippen LogP contribution in [0.5, 0.6) is 11.5 Å². The Labute approximate surface area is 144 Å². The standard InChI is InChI=1S/C17H19N3O5/c1-3-6-20(9-16(21)18-15-7-11(2)25-19-15)17(22)12-4-5-13-14(8-12)24-10-23-13/h4-5,7-8H,3,6,9-10H2,1-2H3,(H,18,19,21). The molecule has 1 aliphatic heterocycles. The van der Waals surface area contributed by atoms with Crippen LogP contribution >= 0.6 is 0 Å². The summed E-state index contributed by atoms with van der Waals surface area (Å²) in [6.07, 6.45) is 0.729. The number of fused-ring (bicyclic) bond motifs is 1. The monoisotopic (exact) mass is 345 g/mol. The fourth-order valence-corrected chi connectivity index (χ4v) is 2.52. The molecule has 0 fully saturated rings. The molecule has 1 aliphatic rings. The van der Waals surface area contributed by atoms with Gasteiger partial charge in [-0.05, 0) is 31.5 Å². The third-order valence-corrected chi connectivity index (χ3v) is 3.63. The molecule has 1 aromatic carbocycles. The van der Waals surface area contributed by atoms with Crippen molar-refractivity contribution in [2.75, 3.05) is 25.2 Å². The van der Waals surface area contributed by atoms with E-state index in [1.165, 1.54) is 4.90 Å². The van der Waals surface area contributed by atoms with Gasteiger partial charge in [-0.2, -0.15) is 0 Å². The van der Waals surface area contributed by atoms with Crippen molar-refractivity contribution >= 4 is 17.6 Å². The lowest BCUT2D eigenvalue weighted by Gasteiger charge is -2.21. The van der Waals surface area contributed by atoms with Crippen LogP contribution in [0.15, 0.2) is 28.8 Å². The molecule has 1 N–H and O–H groups in total. The van der Waals surface area contributed by atoms with E-state index >= 15 is 0 Å². The molecule has 0 bridgehead atoms. The summed E-state index contributed by atoms with van der Waals surface area (Å²) in [5, 5.41) is 6.33. The summed E-state index contributed by atoms with van der Waals surface area (Å²) >= 11 is 0. The number of nitrogens with one attached hydrogen (secondary N) is 1. The van der Waals surface area contributed by atoms with Crippen LogP contribution in [-0.4, -0.2) is 41.8 Å². The molecule has 0 spiro atoms. The van der Waals surface area contributed by atoms with Crippen molar-refractivity contribution in [1.29, 1.82) is 0 Å². The van der Waals surface area contributed by atoms with Gasteiger partial charge < -0.3 is 24.2 Å². The number of rotatable bonds is 6. The molecule has 25 heavy (non-hydrogen) atoms. The summed E-state index contributed by atoms with van der Waals surface area (Å²) in [5.74, 6) is 1.48. The third kappa shape index (κ3) is 3.90. The van der Waals surface area contributed by atoms with Crippen molar-refractivity contribution in [3.63, 3.8) is 0 Å². The second kappa shape index (κ2) is 7.25. The number of hydrogen-bond acceptors (Lipinski definition) is 6. The first-order valence-corrected chi connectivity index (χ1v) is 7.99. The van der Waals surface area contributed by atoms with Crippen LogP contribution in [-0.2, 0) is 4.79 Å². The molecule has 1 aromatic heterocycles. The van der Waals surface area contributed by atoms with Crippen LogP contribution in [0.1, 0.15) is 29.5 Å². The molecule has 2 heterocycles. The van der Waals surface area contributed by atoms with Gasteiger partial charge in [-0.15, -0.1) is 0 Å². The van der Waals surface area contributed by atoms with Gasteiger partial charge in [-0.3, -0.25) is 9.59 Å². The minimum absolute atomic E-state index is 0.0764. The Morgan fingerprint density at radius 1 is 1.24 bits per heavy atom. The van der Waals surface area contributed by atoms with E-state index in [-0.39, 0.29) is 25.2 Å². The molecular weight excluding hydrogens is 326 g/mol. The number of carbonyl (C=O) groups excluding carboxylic acids is 2. The molecule has 0 saturated carbocycles. The lowest BCUT2D eigenvalue weighted by atomic mass is 10.1. The van der Waals surface area contributed by atoms with Crippen molar-refractivity contribution in [1.82, 2.24) is 10.1 Å². The summed E-state index contributed by atoms with van der Waals surface area (Å²) in [6, 6.07) is 6.60. The number of aromatic nitrogens is 1. The summed E-state index contributed by atoms with van der Waals surface area (Å²) in [6.45, 7) is 4.20. The highest BCUT2D eigenvalue weighted by atomic mass is 16.7.